The molecule has 5 heteroatoms. The maximum absolute atomic E-state index is 8.96. The van der Waals surface area contributed by atoms with Crippen LogP contribution in [-0.4, -0.2) is 17.3 Å². The number of methoxy groups -OCH3 is 1. The summed E-state index contributed by atoms with van der Waals surface area (Å²) in [4.78, 5) is 0. The highest BCUT2D eigenvalue weighted by atomic mass is 16.5. The van der Waals surface area contributed by atoms with E-state index in [0.717, 1.165) is 11.3 Å². The topological polar surface area (TPSA) is 70.8 Å². The molecule has 90 valence electrons. The number of aromatic nitrogens is 2. The van der Waals surface area contributed by atoms with Crippen molar-refractivity contribution in [3.63, 3.8) is 0 Å². The maximum atomic E-state index is 8.96. The molecule has 18 heavy (non-hydrogen) atoms. The van der Waals surface area contributed by atoms with Gasteiger partial charge in [-0.2, -0.15) is 10.4 Å². The highest BCUT2D eigenvalue weighted by Crippen LogP contribution is 2.18. The van der Waals surface area contributed by atoms with Crippen LogP contribution in [0.2, 0.25) is 0 Å². The van der Waals surface area contributed by atoms with Crippen molar-refractivity contribution >= 4 is 11.5 Å². The molecule has 5 nitrogen and oxygen atoms in total. The standard InChI is InChI=1S/C13H12N4O/c1-18-9-10-3-2-4-12(7-10)16-13-11(8-14)5-6-15-17-13/h2-7H,9H2,1H3,(H,16,17). The number of hydrogen-bond acceptors (Lipinski definition) is 5. The van der Waals surface area contributed by atoms with Crippen molar-refractivity contribution in [3.05, 3.63) is 47.7 Å². The van der Waals surface area contributed by atoms with Crippen molar-refractivity contribution in [2.45, 2.75) is 6.61 Å². The molecule has 0 saturated heterocycles. The van der Waals surface area contributed by atoms with E-state index in [1.807, 2.05) is 24.3 Å². The van der Waals surface area contributed by atoms with Gasteiger partial charge in [-0.15, -0.1) is 5.10 Å². The molecule has 2 rings (SSSR count). The van der Waals surface area contributed by atoms with Crippen LogP contribution in [0.15, 0.2) is 36.5 Å². The Balaban J connectivity index is 2.23. The van der Waals surface area contributed by atoms with Crippen LogP contribution in [0.25, 0.3) is 0 Å². The first-order valence-corrected chi connectivity index (χ1v) is 5.40. The molecule has 0 fully saturated rings. The van der Waals surface area contributed by atoms with Crippen LogP contribution in [-0.2, 0) is 11.3 Å². The quantitative estimate of drug-likeness (QED) is 0.887. The van der Waals surface area contributed by atoms with E-state index >= 15 is 0 Å². The summed E-state index contributed by atoms with van der Waals surface area (Å²) in [5, 5.41) is 19.7. The van der Waals surface area contributed by atoms with Gasteiger partial charge in [0.05, 0.1) is 18.4 Å². The highest BCUT2D eigenvalue weighted by Gasteiger charge is 2.04. The van der Waals surface area contributed by atoms with E-state index in [1.54, 1.807) is 13.2 Å². The Bertz CT molecular complexity index is 577. The zero-order valence-electron chi connectivity index (χ0n) is 9.92. The maximum Gasteiger partial charge on any atom is 0.171 e. The number of nitriles is 1. The molecule has 0 spiro atoms. The largest absolute Gasteiger partial charge is 0.380 e. The first-order valence-electron chi connectivity index (χ1n) is 5.40. The molecule has 1 N–H and O–H groups in total. The van der Waals surface area contributed by atoms with Gasteiger partial charge in [0.2, 0.25) is 0 Å². The minimum atomic E-state index is 0.453. The van der Waals surface area contributed by atoms with Gasteiger partial charge in [0.15, 0.2) is 5.82 Å². The van der Waals surface area contributed by atoms with Gasteiger partial charge in [-0.3, -0.25) is 0 Å². The average Bonchev–Trinajstić information content (AvgIpc) is 2.40. The Morgan fingerprint density at radius 3 is 3.06 bits per heavy atom. The fourth-order valence-corrected chi connectivity index (χ4v) is 1.56. The fraction of sp³-hybridized carbons (Fsp3) is 0.154. The molecular formula is C13H12N4O. The van der Waals surface area contributed by atoms with Gasteiger partial charge in [0.25, 0.3) is 0 Å². The summed E-state index contributed by atoms with van der Waals surface area (Å²) in [5.74, 6) is 0.453. The highest BCUT2D eigenvalue weighted by molar-refractivity contribution is 5.62. The second-order valence-corrected chi connectivity index (χ2v) is 3.66. The molecular weight excluding hydrogens is 228 g/mol. The predicted octanol–water partition coefficient (Wildman–Crippen LogP) is 2.24. The molecule has 0 amide bonds. The SMILES string of the molecule is COCc1cccc(Nc2nnccc2C#N)c1. The second kappa shape index (κ2) is 5.75. The molecule has 0 bridgehead atoms. The Morgan fingerprint density at radius 2 is 2.28 bits per heavy atom. The van der Waals surface area contributed by atoms with Gasteiger partial charge < -0.3 is 10.1 Å². The van der Waals surface area contributed by atoms with Gasteiger partial charge in [-0.25, -0.2) is 0 Å². The summed E-state index contributed by atoms with van der Waals surface area (Å²) in [6.07, 6.45) is 1.49. The lowest BCUT2D eigenvalue weighted by atomic mass is 10.2. The molecule has 1 aromatic carbocycles. The van der Waals surface area contributed by atoms with E-state index in [4.69, 9.17) is 10.00 Å². The normalized spacial score (nSPS) is 9.78. The summed E-state index contributed by atoms with van der Waals surface area (Å²) in [6, 6.07) is 11.4. The molecule has 0 unspecified atom stereocenters. The minimum Gasteiger partial charge on any atom is -0.380 e. The van der Waals surface area contributed by atoms with Crippen LogP contribution in [0.5, 0.6) is 0 Å². The monoisotopic (exact) mass is 240 g/mol. The number of benzene rings is 1. The third kappa shape index (κ3) is 2.81. The number of hydrogen-bond donors (Lipinski definition) is 1. The third-order valence-corrected chi connectivity index (χ3v) is 2.34. The summed E-state index contributed by atoms with van der Waals surface area (Å²) in [7, 11) is 1.65. The van der Waals surface area contributed by atoms with Crippen molar-refractivity contribution < 1.29 is 4.74 Å². The van der Waals surface area contributed by atoms with Crippen LogP contribution >= 0.6 is 0 Å². The Hall–Kier alpha value is -2.45. The lowest BCUT2D eigenvalue weighted by molar-refractivity contribution is 0.185. The van der Waals surface area contributed by atoms with E-state index in [-0.39, 0.29) is 0 Å². The molecule has 2 aromatic rings. The Morgan fingerprint density at radius 1 is 1.39 bits per heavy atom. The predicted molar refractivity (Wildman–Crippen MR) is 67.2 cm³/mol. The van der Waals surface area contributed by atoms with Gasteiger partial charge in [-0.05, 0) is 23.8 Å². The number of ether oxygens (including phenoxy) is 1. The molecule has 1 aromatic heterocycles. The van der Waals surface area contributed by atoms with Crippen LogP contribution < -0.4 is 5.32 Å². The molecule has 1 heterocycles. The summed E-state index contributed by atoms with van der Waals surface area (Å²) in [5.41, 5.74) is 2.36. The van der Waals surface area contributed by atoms with Crippen molar-refractivity contribution in [2.24, 2.45) is 0 Å². The van der Waals surface area contributed by atoms with Gasteiger partial charge >= 0.3 is 0 Å². The van der Waals surface area contributed by atoms with Crippen LogP contribution in [0.3, 0.4) is 0 Å². The molecule has 0 radical (unpaired) electrons. The van der Waals surface area contributed by atoms with E-state index in [9.17, 15) is 0 Å². The molecule has 0 aliphatic carbocycles. The van der Waals surface area contributed by atoms with Gasteiger partial charge in [0.1, 0.15) is 6.07 Å². The van der Waals surface area contributed by atoms with Crippen LogP contribution in [0.4, 0.5) is 11.5 Å². The zero-order valence-corrected chi connectivity index (χ0v) is 9.92. The summed E-state index contributed by atoms with van der Waals surface area (Å²) >= 11 is 0. The first kappa shape index (κ1) is 12.0. The second-order valence-electron chi connectivity index (χ2n) is 3.66. The first-order chi connectivity index (χ1) is 8.83. The molecule has 0 saturated carbocycles. The zero-order chi connectivity index (χ0) is 12.8. The van der Waals surface area contributed by atoms with E-state index in [0.29, 0.717) is 18.0 Å². The van der Waals surface area contributed by atoms with Crippen LogP contribution in [0.1, 0.15) is 11.1 Å². The van der Waals surface area contributed by atoms with Crippen molar-refractivity contribution in [2.75, 3.05) is 12.4 Å². The van der Waals surface area contributed by atoms with Crippen molar-refractivity contribution in [1.29, 1.82) is 5.26 Å². The third-order valence-electron chi connectivity index (χ3n) is 2.34. The molecule has 0 aliphatic rings. The van der Waals surface area contributed by atoms with Gasteiger partial charge in [0, 0.05) is 12.8 Å². The number of nitrogens with one attached hydrogen (secondary N) is 1. The minimum absolute atomic E-state index is 0.453. The van der Waals surface area contributed by atoms with Gasteiger partial charge in [-0.1, -0.05) is 12.1 Å². The van der Waals surface area contributed by atoms with E-state index in [2.05, 4.69) is 21.6 Å². The number of anilines is 2. The lowest BCUT2D eigenvalue weighted by Crippen LogP contribution is -1.99. The Kier molecular flexibility index (Phi) is 3.84. The fourth-order valence-electron chi connectivity index (χ4n) is 1.56. The lowest BCUT2D eigenvalue weighted by Gasteiger charge is -2.07. The number of rotatable bonds is 4. The smallest absolute Gasteiger partial charge is 0.171 e. The molecule has 0 aliphatic heterocycles. The van der Waals surface area contributed by atoms with Crippen LogP contribution in [0, 0.1) is 11.3 Å². The number of nitrogens with zero attached hydrogens (tertiary/aromatic N) is 3. The van der Waals surface area contributed by atoms with Crippen molar-refractivity contribution in [1.82, 2.24) is 10.2 Å². The molecule has 0 atom stereocenters. The van der Waals surface area contributed by atoms with E-state index < -0.39 is 0 Å². The Labute approximate surface area is 105 Å². The van der Waals surface area contributed by atoms with Crippen molar-refractivity contribution in [3.8, 4) is 6.07 Å². The van der Waals surface area contributed by atoms with E-state index in [1.165, 1.54) is 6.20 Å². The summed E-state index contributed by atoms with van der Waals surface area (Å²) < 4.78 is 5.07. The summed E-state index contributed by atoms with van der Waals surface area (Å²) in [6.45, 7) is 0.543. The average molecular weight is 240 g/mol.